The standard InChI is InChI=1S/C53H44N4/c1-52(2,3)38-28-40-41-29-39(53(4,5)6)31-43-45-23-36(33-18-12-8-13-19-33)25-47(55-45)49-27-37(34-20-14-9-15-21-34)26-48(56-49)46-24-35(32-16-10-7-11-17-32)22-44(54-46)42(30-38)50(40)57-51(41)43/h7-31,57H,1-6H3. The molecule has 4 aromatic heterocycles. The molecule has 9 aromatic rings. The summed E-state index contributed by atoms with van der Waals surface area (Å²) in [7, 11) is 0. The van der Waals surface area contributed by atoms with E-state index in [0.717, 1.165) is 89.7 Å². The van der Waals surface area contributed by atoms with Gasteiger partial charge in [0.2, 0.25) is 0 Å². The summed E-state index contributed by atoms with van der Waals surface area (Å²) in [6.07, 6.45) is 0. The Morgan fingerprint density at radius 3 is 0.947 bits per heavy atom. The maximum atomic E-state index is 5.54. The third-order valence-electron chi connectivity index (χ3n) is 11.4. The summed E-state index contributed by atoms with van der Waals surface area (Å²) < 4.78 is 0. The molecule has 0 saturated carbocycles. The number of hydrogen-bond acceptors (Lipinski definition) is 3. The third-order valence-corrected chi connectivity index (χ3v) is 11.4. The summed E-state index contributed by atoms with van der Waals surface area (Å²) in [5.41, 5.74) is 18.2. The van der Waals surface area contributed by atoms with E-state index in [1.165, 1.54) is 21.9 Å². The zero-order chi connectivity index (χ0) is 39.1. The number of aromatic nitrogens is 4. The predicted octanol–water partition coefficient (Wildman–Crippen LogP) is 14.1. The second-order valence-electron chi connectivity index (χ2n) is 17.5. The van der Waals surface area contributed by atoms with Crippen LogP contribution in [-0.4, -0.2) is 19.9 Å². The number of nitrogens with zero attached hydrogens (tertiary/aromatic N) is 3. The molecule has 0 fully saturated rings. The van der Waals surface area contributed by atoms with E-state index in [9.17, 15) is 0 Å². The number of fused-ring (bicyclic) bond motifs is 11. The van der Waals surface area contributed by atoms with Gasteiger partial charge in [-0.25, -0.2) is 15.0 Å². The number of pyridine rings is 3. The smallest absolute Gasteiger partial charge is 0.0901 e. The highest BCUT2D eigenvalue weighted by Gasteiger charge is 2.26. The highest BCUT2D eigenvalue weighted by atomic mass is 14.8. The van der Waals surface area contributed by atoms with Crippen LogP contribution in [0, 0.1) is 0 Å². The fourth-order valence-electron chi connectivity index (χ4n) is 8.16. The molecule has 0 spiro atoms. The van der Waals surface area contributed by atoms with Gasteiger partial charge in [-0.15, -0.1) is 0 Å². The lowest BCUT2D eigenvalue weighted by Gasteiger charge is -2.22. The molecule has 4 nitrogen and oxygen atoms in total. The number of benzene rings is 5. The van der Waals surface area contributed by atoms with Gasteiger partial charge in [0.15, 0.2) is 0 Å². The summed E-state index contributed by atoms with van der Waals surface area (Å²) in [6.45, 7) is 13.8. The molecule has 5 aromatic carbocycles. The van der Waals surface area contributed by atoms with Crippen molar-refractivity contribution < 1.29 is 0 Å². The maximum absolute atomic E-state index is 5.54. The second kappa shape index (κ2) is 13.0. The molecule has 276 valence electrons. The van der Waals surface area contributed by atoms with Crippen molar-refractivity contribution in [2.75, 3.05) is 0 Å². The first kappa shape index (κ1) is 34.8. The highest BCUT2D eigenvalue weighted by molar-refractivity contribution is 6.16. The largest absolute Gasteiger partial charge is 0.353 e. The van der Waals surface area contributed by atoms with Crippen LogP contribution in [0.5, 0.6) is 0 Å². The zero-order valence-corrected chi connectivity index (χ0v) is 33.3. The molecule has 0 aliphatic carbocycles. The molecule has 0 atom stereocenters. The molecule has 10 rings (SSSR count). The summed E-state index contributed by atoms with van der Waals surface area (Å²) in [5.74, 6) is 0. The molecule has 4 heteroatoms. The number of H-pyrrole nitrogens is 1. The quantitative estimate of drug-likeness (QED) is 0.196. The van der Waals surface area contributed by atoms with Crippen LogP contribution in [0.3, 0.4) is 0 Å². The third kappa shape index (κ3) is 6.22. The fraction of sp³-hybridized carbons (Fsp3) is 0.151. The number of nitrogens with one attached hydrogen (secondary N) is 1. The van der Waals surface area contributed by atoms with E-state index in [1.807, 2.05) is 0 Å². The molecule has 0 amide bonds. The summed E-state index contributed by atoms with van der Waals surface area (Å²) in [5, 5.41) is 2.38. The SMILES string of the molecule is CC(C)(C)c1cc2c3[nH]c4c(cc(C(C)(C)C)cc4c3c1)-c1cc(-c3ccccc3)cc(n1)-c1cc(-c3ccccc3)cc(n1)-c1cc(-c3ccccc3)cc-2n1. The van der Waals surface area contributed by atoms with Gasteiger partial charge in [-0.05, 0) is 116 Å². The van der Waals surface area contributed by atoms with Gasteiger partial charge in [0.05, 0.1) is 45.2 Å². The second-order valence-corrected chi connectivity index (χ2v) is 17.5. The van der Waals surface area contributed by atoms with Gasteiger partial charge >= 0.3 is 0 Å². The van der Waals surface area contributed by atoms with E-state index in [1.54, 1.807) is 0 Å². The van der Waals surface area contributed by atoms with Crippen LogP contribution in [0.25, 0.3) is 100 Å². The van der Waals surface area contributed by atoms with Gasteiger partial charge in [-0.3, -0.25) is 0 Å². The van der Waals surface area contributed by atoms with Crippen LogP contribution >= 0.6 is 0 Å². The first-order valence-corrected chi connectivity index (χ1v) is 19.8. The van der Waals surface area contributed by atoms with Crippen molar-refractivity contribution in [2.24, 2.45) is 0 Å². The molecular weight excluding hydrogens is 693 g/mol. The Kier molecular flexibility index (Phi) is 7.92. The van der Waals surface area contributed by atoms with Crippen molar-refractivity contribution in [1.82, 2.24) is 19.9 Å². The Bertz CT molecular complexity index is 2820. The molecule has 5 heterocycles. The Hall–Kier alpha value is -6.65. The Morgan fingerprint density at radius 2 is 0.632 bits per heavy atom. The average Bonchev–Trinajstić information content (AvgIpc) is 3.61. The van der Waals surface area contributed by atoms with Crippen molar-refractivity contribution in [3.63, 3.8) is 0 Å². The lowest BCUT2D eigenvalue weighted by Crippen LogP contribution is -2.11. The summed E-state index contributed by atoms with van der Waals surface area (Å²) in [6, 6.07) is 54.5. The maximum Gasteiger partial charge on any atom is 0.0901 e. The summed E-state index contributed by atoms with van der Waals surface area (Å²) >= 11 is 0. The first-order valence-electron chi connectivity index (χ1n) is 19.8. The Labute approximate surface area is 334 Å². The van der Waals surface area contributed by atoms with Crippen LogP contribution in [0.4, 0.5) is 0 Å². The van der Waals surface area contributed by atoms with Gasteiger partial charge in [0.25, 0.3) is 0 Å². The Balaban J connectivity index is 1.41. The van der Waals surface area contributed by atoms with E-state index in [-0.39, 0.29) is 10.8 Å². The van der Waals surface area contributed by atoms with E-state index in [0.29, 0.717) is 0 Å². The van der Waals surface area contributed by atoms with Gasteiger partial charge in [0.1, 0.15) is 0 Å². The Morgan fingerprint density at radius 1 is 0.333 bits per heavy atom. The van der Waals surface area contributed by atoms with Gasteiger partial charge in [-0.1, -0.05) is 133 Å². The number of aromatic amines is 1. The van der Waals surface area contributed by atoms with Gasteiger partial charge in [-0.2, -0.15) is 0 Å². The zero-order valence-electron chi connectivity index (χ0n) is 33.3. The highest BCUT2D eigenvalue weighted by Crippen LogP contribution is 2.44. The summed E-state index contributed by atoms with van der Waals surface area (Å²) in [4.78, 5) is 20.6. The molecule has 1 aliphatic rings. The fourth-order valence-corrected chi connectivity index (χ4v) is 8.16. The molecule has 57 heavy (non-hydrogen) atoms. The van der Waals surface area contributed by atoms with E-state index < -0.39 is 0 Å². The topological polar surface area (TPSA) is 54.5 Å². The molecule has 1 aliphatic heterocycles. The van der Waals surface area contributed by atoms with Crippen LogP contribution in [0.1, 0.15) is 52.7 Å². The minimum atomic E-state index is -0.110. The van der Waals surface area contributed by atoms with Crippen LogP contribution in [0.15, 0.2) is 152 Å². The lowest BCUT2D eigenvalue weighted by molar-refractivity contribution is 0.590. The average molecular weight is 737 g/mol. The monoisotopic (exact) mass is 736 g/mol. The van der Waals surface area contributed by atoms with Crippen molar-refractivity contribution in [3.8, 4) is 78.7 Å². The van der Waals surface area contributed by atoms with Crippen molar-refractivity contribution in [3.05, 3.63) is 163 Å². The van der Waals surface area contributed by atoms with E-state index in [2.05, 4.69) is 198 Å². The number of rotatable bonds is 3. The molecule has 0 saturated heterocycles. The van der Waals surface area contributed by atoms with Crippen LogP contribution in [0.2, 0.25) is 0 Å². The van der Waals surface area contributed by atoms with Crippen LogP contribution in [-0.2, 0) is 10.8 Å². The van der Waals surface area contributed by atoms with Crippen molar-refractivity contribution in [1.29, 1.82) is 0 Å². The molecule has 8 bridgehead atoms. The van der Waals surface area contributed by atoms with E-state index >= 15 is 0 Å². The first-order chi connectivity index (χ1) is 27.5. The molecule has 1 N–H and O–H groups in total. The minimum absolute atomic E-state index is 0.110. The lowest BCUT2D eigenvalue weighted by atomic mass is 9.83. The normalized spacial score (nSPS) is 12.4. The predicted molar refractivity (Wildman–Crippen MR) is 238 cm³/mol. The molecule has 0 radical (unpaired) electrons. The van der Waals surface area contributed by atoms with Crippen molar-refractivity contribution >= 4 is 21.8 Å². The molecule has 0 unspecified atom stereocenters. The van der Waals surface area contributed by atoms with Crippen molar-refractivity contribution in [2.45, 2.75) is 52.4 Å². The van der Waals surface area contributed by atoms with Gasteiger partial charge in [0, 0.05) is 21.9 Å². The van der Waals surface area contributed by atoms with Crippen LogP contribution < -0.4 is 0 Å². The van der Waals surface area contributed by atoms with E-state index in [4.69, 9.17) is 15.0 Å². The van der Waals surface area contributed by atoms with Gasteiger partial charge < -0.3 is 4.98 Å². The number of hydrogen-bond donors (Lipinski definition) is 1. The minimum Gasteiger partial charge on any atom is -0.353 e. The molecular formula is C53H44N4.